The molecule has 0 spiro atoms. The van der Waals surface area contributed by atoms with Crippen LogP contribution in [0.3, 0.4) is 0 Å². The Bertz CT molecular complexity index is 668. The second kappa shape index (κ2) is 5.72. The van der Waals surface area contributed by atoms with Gasteiger partial charge in [-0.25, -0.2) is 4.98 Å². The average Bonchev–Trinajstić information content (AvgIpc) is 2.91. The summed E-state index contributed by atoms with van der Waals surface area (Å²) in [6.07, 6.45) is 5.14. The minimum absolute atomic E-state index is 0.0138. The summed E-state index contributed by atoms with van der Waals surface area (Å²) >= 11 is 0. The van der Waals surface area contributed by atoms with Crippen LogP contribution in [0.2, 0.25) is 0 Å². The van der Waals surface area contributed by atoms with Gasteiger partial charge in [0.25, 0.3) is 5.91 Å². The first-order chi connectivity index (χ1) is 10.2. The third-order valence-corrected chi connectivity index (χ3v) is 4.45. The lowest BCUT2D eigenvalue weighted by Gasteiger charge is -2.18. The Labute approximate surface area is 125 Å². The van der Waals surface area contributed by atoms with Crippen LogP contribution in [0.4, 0.5) is 5.82 Å². The molecule has 0 aliphatic heterocycles. The predicted molar refractivity (Wildman–Crippen MR) is 85.6 cm³/mol. The molecule has 1 amide bonds. The van der Waals surface area contributed by atoms with Gasteiger partial charge in [0.2, 0.25) is 0 Å². The molecule has 110 valence electrons. The zero-order valence-electron chi connectivity index (χ0n) is 12.5. The molecule has 0 bridgehead atoms. The molecule has 2 aromatic rings. The highest BCUT2D eigenvalue weighted by molar-refractivity contribution is 6.09. The van der Waals surface area contributed by atoms with Crippen molar-refractivity contribution in [1.82, 2.24) is 10.3 Å². The number of aromatic nitrogens is 1. The first-order valence-corrected chi connectivity index (χ1v) is 7.57. The summed E-state index contributed by atoms with van der Waals surface area (Å²) in [6.45, 7) is 2.21. The van der Waals surface area contributed by atoms with Gasteiger partial charge < -0.3 is 10.6 Å². The summed E-state index contributed by atoms with van der Waals surface area (Å²) in [5.74, 6) is 1.35. The summed E-state index contributed by atoms with van der Waals surface area (Å²) in [5.41, 5.74) is 0.656. The lowest BCUT2D eigenvalue weighted by atomic mass is 10.0. The van der Waals surface area contributed by atoms with E-state index in [0.717, 1.165) is 23.0 Å². The number of nitrogens with zero attached hydrogens (tertiary/aromatic N) is 1. The average molecular weight is 283 g/mol. The van der Waals surface area contributed by atoms with Gasteiger partial charge in [0.15, 0.2) is 0 Å². The Balaban J connectivity index is 1.95. The van der Waals surface area contributed by atoms with Crippen molar-refractivity contribution in [2.24, 2.45) is 5.92 Å². The van der Waals surface area contributed by atoms with Crippen LogP contribution in [0.15, 0.2) is 30.5 Å². The van der Waals surface area contributed by atoms with Gasteiger partial charge in [-0.15, -0.1) is 0 Å². The SMILES string of the molecule is CNc1ncc(C(=O)NC2CCCC2C)c2ccccc12. The van der Waals surface area contributed by atoms with Crippen molar-refractivity contribution in [2.45, 2.75) is 32.2 Å². The molecule has 1 fully saturated rings. The largest absolute Gasteiger partial charge is 0.373 e. The molecule has 1 aromatic carbocycles. The molecule has 0 saturated heterocycles. The summed E-state index contributed by atoms with van der Waals surface area (Å²) < 4.78 is 0. The number of carbonyl (C=O) groups excluding carboxylic acids is 1. The summed E-state index contributed by atoms with van der Waals surface area (Å²) in [5, 5.41) is 8.17. The number of hydrogen-bond acceptors (Lipinski definition) is 3. The Morgan fingerprint density at radius 2 is 2.00 bits per heavy atom. The minimum Gasteiger partial charge on any atom is -0.373 e. The Kier molecular flexibility index (Phi) is 3.78. The van der Waals surface area contributed by atoms with E-state index in [-0.39, 0.29) is 5.91 Å². The van der Waals surface area contributed by atoms with Crippen molar-refractivity contribution < 1.29 is 4.79 Å². The van der Waals surface area contributed by atoms with E-state index in [4.69, 9.17) is 0 Å². The normalized spacial score (nSPS) is 21.4. The number of anilines is 1. The first-order valence-electron chi connectivity index (χ1n) is 7.57. The van der Waals surface area contributed by atoms with E-state index in [1.54, 1.807) is 6.20 Å². The zero-order chi connectivity index (χ0) is 14.8. The van der Waals surface area contributed by atoms with Gasteiger partial charge >= 0.3 is 0 Å². The number of pyridine rings is 1. The van der Waals surface area contributed by atoms with Crippen LogP contribution >= 0.6 is 0 Å². The smallest absolute Gasteiger partial charge is 0.253 e. The summed E-state index contributed by atoms with van der Waals surface area (Å²) in [7, 11) is 1.84. The van der Waals surface area contributed by atoms with E-state index < -0.39 is 0 Å². The van der Waals surface area contributed by atoms with E-state index in [1.165, 1.54) is 12.8 Å². The lowest BCUT2D eigenvalue weighted by Crippen LogP contribution is -2.36. The number of nitrogens with one attached hydrogen (secondary N) is 2. The highest BCUT2D eigenvalue weighted by Gasteiger charge is 2.25. The number of carbonyl (C=O) groups is 1. The third kappa shape index (κ3) is 2.58. The van der Waals surface area contributed by atoms with Crippen molar-refractivity contribution in [1.29, 1.82) is 0 Å². The van der Waals surface area contributed by atoms with Crippen molar-refractivity contribution in [2.75, 3.05) is 12.4 Å². The minimum atomic E-state index is -0.0138. The molecule has 1 aliphatic rings. The van der Waals surface area contributed by atoms with E-state index >= 15 is 0 Å². The Hall–Kier alpha value is -2.10. The Morgan fingerprint density at radius 1 is 1.24 bits per heavy atom. The van der Waals surface area contributed by atoms with Gasteiger partial charge in [0.05, 0.1) is 5.56 Å². The fourth-order valence-corrected chi connectivity index (χ4v) is 3.18. The van der Waals surface area contributed by atoms with E-state index in [1.807, 2.05) is 31.3 Å². The molecule has 4 heteroatoms. The molecular formula is C17H21N3O. The molecule has 2 N–H and O–H groups in total. The van der Waals surface area contributed by atoms with Crippen molar-refractivity contribution >= 4 is 22.5 Å². The highest BCUT2D eigenvalue weighted by atomic mass is 16.1. The highest BCUT2D eigenvalue weighted by Crippen LogP contribution is 2.27. The van der Waals surface area contributed by atoms with E-state index in [0.29, 0.717) is 17.5 Å². The third-order valence-electron chi connectivity index (χ3n) is 4.45. The monoisotopic (exact) mass is 283 g/mol. The Morgan fingerprint density at radius 3 is 2.67 bits per heavy atom. The maximum atomic E-state index is 12.6. The topological polar surface area (TPSA) is 54.0 Å². The first kappa shape index (κ1) is 13.9. The number of fused-ring (bicyclic) bond motifs is 1. The van der Waals surface area contributed by atoms with Gasteiger partial charge in [-0.3, -0.25) is 4.79 Å². The number of amides is 1. The molecular weight excluding hydrogens is 262 g/mol. The van der Waals surface area contributed by atoms with Crippen molar-refractivity contribution in [3.63, 3.8) is 0 Å². The van der Waals surface area contributed by atoms with Crippen LogP contribution < -0.4 is 10.6 Å². The lowest BCUT2D eigenvalue weighted by molar-refractivity contribution is 0.0931. The van der Waals surface area contributed by atoms with E-state index in [9.17, 15) is 4.79 Å². The van der Waals surface area contributed by atoms with Crippen molar-refractivity contribution in [3.05, 3.63) is 36.0 Å². The maximum absolute atomic E-state index is 12.6. The van der Waals surface area contributed by atoms with E-state index in [2.05, 4.69) is 22.5 Å². The van der Waals surface area contributed by atoms with Crippen LogP contribution in [-0.4, -0.2) is 24.0 Å². The van der Waals surface area contributed by atoms with Gasteiger partial charge in [-0.1, -0.05) is 37.6 Å². The van der Waals surface area contributed by atoms with Crippen LogP contribution in [0.5, 0.6) is 0 Å². The molecule has 2 unspecified atom stereocenters. The van der Waals surface area contributed by atoms with Crippen LogP contribution in [0.1, 0.15) is 36.5 Å². The quantitative estimate of drug-likeness (QED) is 0.909. The number of hydrogen-bond donors (Lipinski definition) is 2. The molecule has 21 heavy (non-hydrogen) atoms. The van der Waals surface area contributed by atoms with Gasteiger partial charge in [0, 0.05) is 24.7 Å². The molecule has 1 heterocycles. The second-order valence-corrected chi connectivity index (χ2v) is 5.80. The molecule has 2 atom stereocenters. The maximum Gasteiger partial charge on any atom is 0.253 e. The summed E-state index contributed by atoms with van der Waals surface area (Å²) in [4.78, 5) is 17.0. The number of benzene rings is 1. The van der Waals surface area contributed by atoms with Gasteiger partial charge in [0.1, 0.15) is 5.82 Å². The fourth-order valence-electron chi connectivity index (χ4n) is 3.18. The van der Waals surface area contributed by atoms with Gasteiger partial charge in [-0.2, -0.15) is 0 Å². The molecule has 3 rings (SSSR count). The number of rotatable bonds is 3. The molecule has 1 aliphatic carbocycles. The van der Waals surface area contributed by atoms with Crippen LogP contribution in [0.25, 0.3) is 10.8 Å². The standard InChI is InChI=1S/C17H21N3O/c1-11-6-5-9-15(11)20-17(21)14-10-19-16(18-2)13-8-4-3-7-12(13)14/h3-4,7-8,10-11,15H,5-6,9H2,1-2H3,(H,18,19)(H,20,21). The molecule has 1 aromatic heterocycles. The van der Waals surface area contributed by atoms with Crippen LogP contribution in [0, 0.1) is 5.92 Å². The molecule has 4 nitrogen and oxygen atoms in total. The predicted octanol–water partition coefficient (Wildman–Crippen LogP) is 3.19. The second-order valence-electron chi connectivity index (χ2n) is 5.80. The van der Waals surface area contributed by atoms with Gasteiger partial charge in [-0.05, 0) is 24.1 Å². The zero-order valence-corrected chi connectivity index (χ0v) is 12.5. The fraction of sp³-hybridized carbons (Fsp3) is 0.412. The molecule has 1 saturated carbocycles. The molecule has 0 radical (unpaired) electrons. The van der Waals surface area contributed by atoms with Crippen LogP contribution in [-0.2, 0) is 0 Å². The van der Waals surface area contributed by atoms with Crippen molar-refractivity contribution in [3.8, 4) is 0 Å². The summed E-state index contributed by atoms with van der Waals surface area (Å²) in [6, 6.07) is 8.18.